The zero-order valence-electron chi connectivity index (χ0n) is 16.6. The summed E-state index contributed by atoms with van der Waals surface area (Å²) < 4.78 is 85.2. The van der Waals surface area contributed by atoms with Gasteiger partial charge in [0.25, 0.3) is 12.3 Å². The summed E-state index contributed by atoms with van der Waals surface area (Å²) >= 11 is 1.06. The molecule has 2 aliphatic heterocycles. The molecule has 0 radical (unpaired) electrons. The molecule has 0 unspecified atom stereocenters. The lowest BCUT2D eigenvalue weighted by Crippen LogP contribution is -2.43. The maximum Gasteiger partial charge on any atom is 0.417 e. The number of nitrogens with two attached hydrogens (primary N) is 1. The van der Waals surface area contributed by atoms with Crippen LogP contribution in [0.25, 0.3) is 0 Å². The van der Waals surface area contributed by atoms with Gasteiger partial charge in [0.15, 0.2) is 5.17 Å². The summed E-state index contributed by atoms with van der Waals surface area (Å²) in [5, 5.41) is 2.51. The first-order chi connectivity index (χ1) is 15.5. The zero-order chi connectivity index (χ0) is 24.0. The minimum absolute atomic E-state index is 0.0683. The summed E-state index contributed by atoms with van der Waals surface area (Å²) in [6, 6.07) is 5.09. The van der Waals surface area contributed by atoms with Crippen LogP contribution in [0.15, 0.2) is 41.5 Å². The van der Waals surface area contributed by atoms with Crippen LogP contribution in [0.2, 0.25) is 0 Å². The third-order valence-corrected chi connectivity index (χ3v) is 6.40. The number of carbonyl (C=O) groups is 1. The van der Waals surface area contributed by atoms with Gasteiger partial charge in [0, 0.05) is 29.1 Å². The lowest BCUT2D eigenvalue weighted by atomic mass is 9.78. The summed E-state index contributed by atoms with van der Waals surface area (Å²) in [5.74, 6) is -2.33. The highest BCUT2D eigenvalue weighted by Crippen LogP contribution is 2.49. The van der Waals surface area contributed by atoms with Crippen molar-refractivity contribution in [3.8, 4) is 0 Å². The van der Waals surface area contributed by atoms with Gasteiger partial charge in [-0.15, -0.1) is 0 Å². The number of pyridine rings is 1. The molecule has 0 saturated carbocycles. The number of rotatable bonds is 4. The molecule has 33 heavy (non-hydrogen) atoms. The maximum atomic E-state index is 14.9. The normalized spacial score (nSPS) is 25.0. The van der Waals surface area contributed by atoms with Gasteiger partial charge in [0.1, 0.15) is 23.2 Å². The molecule has 0 aliphatic carbocycles. The standard InChI is InChI=1S/C20H16F6N4O2S/c21-13-3-2-10(29-17(31)14-4-1-9(6-28-14)20(24,25)26)5-11(13)19-8-32-15(16(22)23)12(19)7-33-18(27)30-19/h1-6,12,15-16H,7-8H2,(H2,27,30)(H,29,31)/t12-,15+,19-/m1/s1. The Balaban J connectivity index is 1.64. The number of fused-ring (bicyclic) bond motifs is 1. The van der Waals surface area contributed by atoms with E-state index in [9.17, 15) is 31.1 Å². The van der Waals surface area contributed by atoms with E-state index >= 15 is 0 Å². The molecule has 3 heterocycles. The number of benzene rings is 1. The number of thioether (sulfide) groups is 1. The van der Waals surface area contributed by atoms with Gasteiger partial charge in [0.05, 0.1) is 12.2 Å². The SMILES string of the molecule is NC1=N[C@@]2(c3cc(NC(=O)c4ccc(C(F)(F)F)cn4)ccc3F)CO[C@H](C(F)F)[C@H]2CS1. The molecular weight excluding hydrogens is 474 g/mol. The topological polar surface area (TPSA) is 89.6 Å². The van der Waals surface area contributed by atoms with E-state index in [4.69, 9.17) is 10.5 Å². The number of carbonyl (C=O) groups excluding carboxylic acids is 1. The molecule has 2 aromatic rings. The number of aromatic nitrogens is 1. The van der Waals surface area contributed by atoms with Gasteiger partial charge in [-0.05, 0) is 30.3 Å². The Morgan fingerprint density at radius 2 is 2.03 bits per heavy atom. The van der Waals surface area contributed by atoms with Gasteiger partial charge in [-0.3, -0.25) is 9.78 Å². The van der Waals surface area contributed by atoms with Crippen molar-refractivity contribution in [1.82, 2.24) is 4.98 Å². The zero-order valence-corrected chi connectivity index (χ0v) is 17.4. The second kappa shape index (κ2) is 8.52. The fourth-order valence-corrected chi connectivity index (χ4v) is 4.93. The average Bonchev–Trinajstić information content (AvgIpc) is 3.14. The molecular formula is C20H16F6N4O2S. The number of hydrogen-bond donors (Lipinski definition) is 2. The van der Waals surface area contributed by atoms with Crippen molar-refractivity contribution in [2.45, 2.75) is 24.2 Å². The van der Waals surface area contributed by atoms with Crippen LogP contribution in [0.3, 0.4) is 0 Å². The number of halogens is 6. The molecule has 3 N–H and O–H groups in total. The number of hydrogen-bond acceptors (Lipinski definition) is 6. The van der Waals surface area contributed by atoms with Gasteiger partial charge >= 0.3 is 6.18 Å². The predicted octanol–water partition coefficient (Wildman–Crippen LogP) is 4.03. The van der Waals surface area contributed by atoms with E-state index < -0.39 is 47.5 Å². The van der Waals surface area contributed by atoms with Crippen molar-refractivity contribution in [2.75, 3.05) is 17.7 Å². The Kier molecular flexibility index (Phi) is 6.03. The molecule has 2 aliphatic rings. The molecule has 6 nitrogen and oxygen atoms in total. The molecule has 176 valence electrons. The number of ether oxygens (including phenoxy) is 1. The summed E-state index contributed by atoms with van der Waals surface area (Å²) in [6.07, 6.45) is -8.37. The second-order valence-corrected chi connectivity index (χ2v) is 8.52. The minimum Gasteiger partial charge on any atom is -0.379 e. The van der Waals surface area contributed by atoms with Crippen molar-refractivity contribution in [3.05, 3.63) is 59.2 Å². The van der Waals surface area contributed by atoms with Crippen LogP contribution >= 0.6 is 11.8 Å². The van der Waals surface area contributed by atoms with Crippen LogP contribution in [-0.2, 0) is 16.5 Å². The highest BCUT2D eigenvalue weighted by atomic mass is 32.2. The molecule has 0 spiro atoms. The molecule has 1 saturated heterocycles. The van der Waals surface area contributed by atoms with Crippen LogP contribution in [0.4, 0.5) is 32.0 Å². The van der Waals surface area contributed by atoms with Crippen molar-refractivity contribution < 1.29 is 35.9 Å². The monoisotopic (exact) mass is 490 g/mol. The lowest BCUT2D eigenvalue weighted by Gasteiger charge is -2.35. The highest BCUT2D eigenvalue weighted by molar-refractivity contribution is 8.13. The second-order valence-electron chi connectivity index (χ2n) is 7.48. The predicted molar refractivity (Wildman–Crippen MR) is 109 cm³/mol. The van der Waals surface area contributed by atoms with E-state index in [0.29, 0.717) is 12.3 Å². The fourth-order valence-electron chi connectivity index (χ4n) is 3.88. The van der Waals surface area contributed by atoms with Crippen LogP contribution in [0, 0.1) is 11.7 Å². The van der Waals surface area contributed by atoms with E-state index in [-0.39, 0.29) is 34.5 Å². The first kappa shape index (κ1) is 23.4. The largest absolute Gasteiger partial charge is 0.417 e. The fraction of sp³-hybridized carbons (Fsp3) is 0.350. The smallest absolute Gasteiger partial charge is 0.379 e. The van der Waals surface area contributed by atoms with Crippen LogP contribution in [0.5, 0.6) is 0 Å². The van der Waals surface area contributed by atoms with Gasteiger partial charge in [0.2, 0.25) is 0 Å². The van der Waals surface area contributed by atoms with Crippen LogP contribution in [0.1, 0.15) is 21.6 Å². The number of amides is 1. The van der Waals surface area contributed by atoms with E-state index in [1.54, 1.807) is 0 Å². The number of aliphatic imine (C=N–C) groups is 1. The number of amidine groups is 1. The third kappa shape index (κ3) is 4.38. The number of nitrogens with one attached hydrogen (secondary N) is 1. The molecule has 13 heteroatoms. The number of alkyl halides is 5. The van der Waals surface area contributed by atoms with Crippen molar-refractivity contribution in [3.63, 3.8) is 0 Å². The molecule has 3 atom stereocenters. The molecule has 0 bridgehead atoms. The van der Waals surface area contributed by atoms with E-state index in [0.717, 1.165) is 23.9 Å². The van der Waals surface area contributed by atoms with Crippen molar-refractivity contribution in [2.24, 2.45) is 16.6 Å². The van der Waals surface area contributed by atoms with Gasteiger partial charge < -0.3 is 15.8 Å². The molecule has 4 rings (SSSR count). The highest BCUT2D eigenvalue weighted by Gasteiger charge is 2.56. The van der Waals surface area contributed by atoms with Crippen molar-refractivity contribution in [1.29, 1.82) is 0 Å². The molecule has 1 aromatic heterocycles. The quantitative estimate of drug-likeness (QED) is 0.632. The summed E-state index contributed by atoms with van der Waals surface area (Å²) in [4.78, 5) is 20.2. The van der Waals surface area contributed by atoms with Crippen molar-refractivity contribution >= 4 is 28.5 Å². The Morgan fingerprint density at radius 3 is 2.67 bits per heavy atom. The molecule has 1 fully saturated rings. The van der Waals surface area contributed by atoms with Crippen LogP contribution < -0.4 is 11.1 Å². The first-order valence-corrected chi connectivity index (χ1v) is 10.5. The summed E-state index contributed by atoms with van der Waals surface area (Å²) in [6.45, 7) is -0.331. The van der Waals surface area contributed by atoms with Gasteiger partial charge in [-0.2, -0.15) is 13.2 Å². The minimum atomic E-state index is -4.61. The van der Waals surface area contributed by atoms with Crippen LogP contribution in [-0.4, -0.2) is 40.9 Å². The average molecular weight is 490 g/mol. The summed E-state index contributed by atoms with van der Waals surface area (Å²) in [7, 11) is 0. The Labute approximate surface area is 187 Å². The summed E-state index contributed by atoms with van der Waals surface area (Å²) in [5.41, 5.74) is 2.97. The van der Waals surface area contributed by atoms with E-state index in [2.05, 4.69) is 15.3 Å². The van der Waals surface area contributed by atoms with E-state index in [1.165, 1.54) is 12.1 Å². The maximum absolute atomic E-state index is 14.9. The molecule has 1 amide bonds. The first-order valence-electron chi connectivity index (χ1n) is 9.54. The number of anilines is 1. The Hall–Kier alpha value is -2.80. The Morgan fingerprint density at radius 1 is 1.27 bits per heavy atom. The van der Waals surface area contributed by atoms with E-state index in [1.807, 2.05) is 0 Å². The third-order valence-electron chi connectivity index (χ3n) is 5.49. The Bertz CT molecular complexity index is 1090. The van der Waals surface area contributed by atoms with Gasteiger partial charge in [-0.1, -0.05) is 11.8 Å². The lowest BCUT2D eigenvalue weighted by molar-refractivity contribution is -0.137. The van der Waals surface area contributed by atoms with Gasteiger partial charge in [-0.25, -0.2) is 18.2 Å². The molecule has 1 aromatic carbocycles. The number of nitrogens with zero attached hydrogens (tertiary/aromatic N) is 2.